The largest absolute Gasteiger partial charge is 0.465 e. The van der Waals surface area contributed by atoms with Crippen molar-refractivity contribution in [3.8, 4) is 0 Å². The summed E-state index contributed by atoms with van der Waals surface area (Å²) >= 11 is 0. The van der Waals surface area contributed by atoms with E-state index in [1.54, 1.807) is 34.6 Å². The van der Waals surface area contributed by atoms with Crippen LogP contribution >= 0.6 is 0 Å². The van der Waals surface area contributed by atoms with Crippen LogP contribution in [0.4, 0.5) is 0 Å². The normalized spacial score (nSPS) is 17.9. The van der Waals surface area contributed by atoms with Crippen molar-refractivity contribution >= 4 is 11.9 Å². The fraction of sp³-hybridized carbons (Fsp3) is 0.538. The molecule has 0 saturated carbocycles. The van der Waals surface area contributed by atoms with Gasteiger partial charge in [0.2, 0.25) is 0 Å². The first-order chi connectivity index (χ1) is 7.72. The molecule has 1 aliphatic heterocycles. The van der Waals surface area contributed by atoms with Crippen molar-refractivity contribution in [2.75, 3.05) is 7.11 Å². The van der Waals surface area contributed by atoms with Crippen LogP contribution in [0.1, 0.15) is 34.6 Å². The zero-order chi connectivity index (χ0) is 13.4. The second-order valence-corrected chi connectivity index (χ2v) is 4.77. The summed E-state index contributed by atoms with van der Waals surface area (Å²) in [6, 6.07) is 0. The van der Waals surface area contributed by atoms with Crippen LogP contribution in [0.5, 0.6) is 0 Å². The van der Waals surface area contributed by atoms with E-state index in [9.17, 15) is 9.59 Å². The van der Waals surface area contributed by atoms with Crippen LogP contribution in [-0.2, 0) is 19.1 Å². The molecule has 4 nitrogen and oxygen atoms in total. The lowest BCUT2D eigenvalue weighted by Crippen LogP contribution is -2.21. The average molecular weight is 238 g/mol. The lowest BCUT2D eigenvalue weighted by Gasteiger charge is -2.18. The van der Waals surface area contributed by atoms with Gasteiger partial charge in [0.15, 0.2) is 0 Å². The van der Waals surface area contributed by atoms with Crippen LogP contribution in [0.2, 0.25) is 0 Å². The van der Waals surface area contributed by atoms with Crippen molar-refractivity contribution in [3.05, 3.63) is 22.3 Å². The number of allylic oxidation sites excluding steroid dienone is 1. The van der Waals surface area contributed by atoms with Gasteiger partial charge in [0.05, 0.1) is 18.3 Å². The predicted octanol–water partition coefficient (Wildman–Crippen LogP) is 2.15. The third kappa shape index (κ3) is 2.25. The number of rotatable bonds is 2. The number of methoxy groups -OCH3 is 1. The van der Waals surface area contributed by atoms with Crippen molar-refractivity contribution in [2.45, 2.75) is 40.2 Å². The summed E-state index contributed by atoms with van der Waals surface area (Å²) in [5, 5.41) is 0. The highest BCUT2D eigenvalue weighted by atomic mass is 16.6. The summed E-state index contributed by atoms with van der Waals surface area (Å²) in [6.07, 6.45) is 0. The molecule has 1 rings (SSSR count). The van der Waals surface area contributed by atoms with Crippen molar-refractivity contribution in [1.82, 2.24) is 0 Å². The quantitative estimate of drug-likeness (QED) is 0.546. The molecule has 0 atom stereocenters. The van der Waals surface area contributed by atoms with E-state index < -0.39 is 17.5 Å². The van der Waals surface area contributed by atoms with E-state index in [2.05, 4.69) is 0 Å². The predicted molar refractivity (Wildman–Crippen MR) is 63.3 cm³/mol. The summed E-state index contributed by atoms with van der Waals surface area (Å²) in [5.41, 5.74) is 1.47. The third-order valence-electron chi connectivity index (χ3n) is 2.97. The number of hydrogen-bond acceptors (Lipinski definition) is 4. The van der Waals surface area contributed by atoms with Crippen LogP contribution in [0.15, 0.2) is 22.3 Å². The lowest BCUT2D eigenvalue weighted by atomic mass is 9.92. The first-order valence-corrected chi connectivity index (χ1v) is 5.43. The molecule has 0 saturated heterocycles. The Morgan fingerprint density at radius 2 is 1.82 bits per heavy atom. The Balaban J connectivity index is 3.41. The molecule has 0 radical (unpaired) electrons. The van der Waals surface area contributed by atoms with E-state index in [4.69, 9.17) is 9.47 Å². The minimum atomic E-state index is -0.666. The maximum absolute atomic E-state index is 11.8. The highest BCUT2D eigenvalue weighted by Gasteiger charge is 2.41. The van der Waals surface area contributed by atoms with Crippen LogP contribution in [0.3, 0.4) is 0 Å². The Morgan fingerprint density at radius 1 is 1.29 bits per heavy atom. The van der Waals surface area contributed by atoms with Gasteiger partial charge in [0.1, 0.15) is 5.60 Å². The molecule has 94 valence electrons. The van der Waals surface area contributed by atoms with Gasteiger partial charge in [-0.25, -0.2) is 9.59 Å². The van der Waals surface area contributed by atoms with Crippen molar-refractivity contribution in [1.29, 1.82) is 0 Å². The molecule has 0 bridgehead atoms. The second-order valence-electron chi connectivity index (χ2n) is 4.77. The second kappa shape index (κ2) is 4.35. The van der Waals surface area contributed by atoms with Gasteiger partial charge in [-0.2, -0.15) is 0 Å². The molecule has 0 fully saturated rings. The highest BCUT2D eigenvalue weighted by molar-refractivity contribution is 6.09. The number of cyclic esters (lactones) is 1. The molecule has 0 N–H and O–H groups in total. The zero-order valence-corrected chi connectivity index (χ0v) is 11.1. The minimum Gasteiger partial charge on any atom is -0.465 e. The molecule has 0 amide bonds. The van der Waals surface area contributed by atoms with Crippen LogP contribution in [0.25, 0.3) is 0 Å². The molecular formula is C13H18O4. The Labute approximate surface area is 101 Å². The van der Waals surface area contributed by atoms with Gasteiger partial charge in [-0.3, -0.25) is 0 Å². The molecule has 1 aliphatic rings. The number of hydrogen-bond donors (Lipinski definition) is 0. The summed E-state index contributed by atoms with van der Waals surface area (Å²) < 4.78 is 9.96. The Kier molecular flexibility index (Phi) is 3.45. The van der Waals surface area contributed by atoms with E-state index in [0.29, 0.717) is 11.1 Å². The number of carbonyl (C=O) groups excluding carboxylic acids is 2. The lowest BCUT2D eigenvalue weighted by molar-refractivity contribution is -0.145. The SMILES string of the molecule is COC(=O)C(=C(C)C)C1=C(C)C(C)(C)OC1=O. The van der Waals surface area contributed by atoms with E-state index in [-0.39, 0.29) is 0 Å². The standard InChI is InChI=1S/C13H18O4/c1-7(2)9(11(14)16-6)10-8(3)13(4,5)17-12(10)15/h1-6H3. The Morgan fingerprint density at radius 3 is 2.12 bits per heavy atom. The van der Waals surface area contributed by atoms with E-state index in [1.807, 2.05) is 0 Å². The summed E-state index contributed by atoms with van der Waals surface area (Å²) in [5.74, 6) is -0.969. The number of carbonyl (C=O) groups is 2. The van der Waals surface area contributed by atoms with Crippen molar-refractivity contribution < 1.29 is 19.1 Å². The zero-order valence-electron chi connectivity index (χ0n) is 11.1. The average Bonchev–Trinajstić information content (AvgIpc) is 2.40. The number of ether oxygens (including phenoxy) is 2. The molecule has 0 aromatic heterocycles. The highest BCUT2D eigenvalue weighted by Crippen LogP contribution is 2.36. The molecular weight excluding hydrogens is 220 g/mol. The van der Waals surface area contributed by atoms with Crippen molar-refractivity contribution in [3.63, 3.8) is 0 Å². The van der Waals surface area contributed by atoms with Crippen LogP contribution in [0, 0.1) is 0 Å². The molecule has 1 heterocycles. The third-order valence-corrected chi connectivity index (χ3v) is 2.97. The maximum Gasteiger partial charge on any atom is 0.339 e. The van der Waals surface area contributed by atoms with Gasteiger partial charge >= 0.3 is 11.9 Å². The van der Waals surface area contributed by atoms with Gasteiger partial charge in [-0.1, -0.05) is 5.57 Å². The van der Waals surface area contributed by atoms with Crippen LogP contribution < -0.4 is 0 Å². The molecule has 4 heteroatoms. The minimum absolute atomic E-state index is 0.306. The van der Waals surface area contributed by atoms with Gasteiger partial charge < -0.3 is 9.47 Å². The fourth-order valence-corrected chi connectivity index (χ4v) is 1.76. The molecule has 0 aromatic carbocycles. The first-order valence-electron chi connectivity index (χ1n) is 5.43. The van der Waals surface area contributed by atoms with Gasteiger partial charge in [-0.05, 0) is 40.2 Å². The summed E-state index contributed by atoms with van der Waals surface area (Å²) in [6.45, 7) is 8.93. The first kappa shape index (κ1) is 13.5. The topological polar surface area (TPSA) is 52.6 Å². The maximum atomic E-state index is 11.8. The van der Waals surface area contributed by atoms with E-state index in [1.165, 1.54) is 7.11 Å². The molecule has 0 aliphatic carbocycles. The monoisotopic (exact) mass is 238 g/mol. The van der Waals surface area contributed by atoms with Gasteiger partial charge in [-0.15, -0.1) is 0 Å². The van der Waals surface area contributed by atoms with Gasteiger partial charge in [0.25, 0.3) is 0 Å². The summed E-state index contributed by atoms with van der Waals surface area (Å²) in [4.78, 5) is 23.6. The molecule has 17 heavy (non-hydrogen) atoms. The van der Waals surface area contributed by atoms with Crippen LogP contribution in [-0.4, -0.2) is 24.6 Å². The fourth-order valence-electron chi connectivity index (χ4n) is 1.76. The van der Waals surface area contributed by atoms with Gasteiger partial charge in [0, 0.05) is 0 Å². The smallest absolute Gasteiger partial charge is 0.339 e. The van der Waals surface area contributed by atoms with E-state index in [0.717, 1.165) is 11.1 Å². The number of esters is 2. The van der Waals surface area contributed by atoms with E-state index >= 15 is 0 Å². The van der Waals surface area contributed by atoms with Crippen molar-refractivity contribution in [2.24, 2.45) is 0 Å². The Bertz CT molecular complexity index is 434. The molecule has 0 unspecified atom stereocenters. The summed E-state index contributed by atoms with van der Waals surface area (Å²) in [7, 11) is 1.30. The Hall–Kier alpha value is -1.58. The molecule has 0 spiro atoms. The molecule has 0 aromatic rings.